The van der Waals surface area contributed by atoms with Crippen LogP contribution in [0.4, 0.5) is 4.39 Å². The van der Waals surface area contributed by atoms with Crippen molar-refractivity contribution in [2.45, 2.75) is 46.5 Å². The van der Waals surface area contributed by atoms with E-state index in [1.54, 1.807) is 6.07 Å². The van der Waals surface area contributed by atoms with Crippen LogP contribution in [0, 0.1) is 23.1 Å². The monoisotopic (exact) mass is 296 g/mol. The number of carbonyl (C=O) groups excluding carboxylic acids is 1. The second-order valence-electron chi connectivity index (χ2n) is 6.81. The van der Waals surface area contributed by atoms with E-state index < -0.39 is 0 Å². The number of ketones is 1. The molecule has 1 nitrogen and oxygen atoms in total. The highest BCUT2D eigenvalue weighted by Gasteiger charge is 2.38. The molecule has 0 bridgehead atoms. The van der Waals surface area contributed by atoms with Crippen molar-refractivity contribution in [1.29, 1.82) is 0 Å². The van der Waals surface area contributed by atoms with Crippen LogP contribution in [0.3, 0.4) is 0 Å². The van der Waals surface area contributed by atoms with Crippen molar-refractivity contribution in [2.75, 3.05) is 0 Å². The third kappa shape index (κ3) is 3.41. The molecule has 0 aromatic heterocycles. The highest BCUT2D eigenvalue weighted by molar-refractivity contribution is 6.31. The fourth-order valence-corrected chi connectivity index (χ4v) is 3.50. The summed E-state index contributed by atoms with van der Waals surface area (Å²) in [5.41, 5.74) is 0.609. The average Bonchev–Trinajstić information content (AvgIpc) is 2.33. The molecule has 1 aromatic rings. The van der Waals surface area contributed by atoms with E-state index in [4.69, 9.17) is 11.6 Å². The Bertz CT molecular complexity index is 510. The van der Waals surface area contributed by atoms with Crippen LogP contribution in [0.15, 0.2) is 18.2 Å². The molecule has 0 heterocycles. The quantitative estimate of drug-likeness (QED) is 0.762. The van der Waals surface area contributed by atoms with Crippen molar-refractivity contribution in [3.63, 3.8) is 0 Å². The molecular weight excluding hydrogens is 275 g/mol. The number of carbonyl (C=O) groups is 1. The van der Waals surface area contributed by atoms with Gasteiger partial charge >= 0.3 is 0 Å². The molecule has 3 heteroatoms. The molecule has 0 N–H and O–H groups in total. The first-order chi connectivity index (χ1) is 9.29. The molecule has 1 fully saturated rings. The number of rotatable bonds is 3. The van der Waals surface area contributed by atoms with Crippen LogP contribution in [0.2, 0.25) is 5.02 Å². The maximum atomic E-state index is 13.4. The van der Waals surface area contributed by atoms with Gasteiger partial charge in [0.1, 0.15) is 11.6 Å². The number of halogens is 2. The third-order valence-electron chi connectivity index (χ3n) is 4.48. The summed E-state index contributed by atoms with van der Waals surface area (Å²) in [5.74, 6) is 0.621. The maximum Gasteiger partial charge on any atom is 0.136 e. The zero-order valence-electron chi connectivity index (χ0n) is 12.4. The van der Waals surface area contributed by atoms with Crippen LogP contribution >= 0.6 is 11.6 Å². The van der Waals surface area contributed by atoms with Gasteiger partial charge < -0.3 is 0 Å². The highest BCUT2D eigenvalue weighted by Crippen LogP contribution is 2.41. The predicted molar refractivity (Wildman–Crippen MR) is 80.4 cm³/mol. The average molecular weight is 297 g/mol. The predicted octanol–water partition coefficient (Wildman–Crippen LogP) is 5.05. The summed E-state index contributed by atoms with van der Waals surface area (Å²) in [5, 5.41) is 0.580. The number of hydrogen-bond acceptors (Lipinski definition) is 1. The third-order valence-corrected chi connectivity index (χ3v) is 4.85. The Morgan fingerprint density at radius 1 is 1.35 bits per heavy atom. The molecule has 2 unspecified atom stereocenters. The van der Waals surface area contributed by atoms with E-state index in [0.717, 1.165) is 18.4 Å². The standard InChI is InChI=1S/C17H22ClFO/c1-11-4-6-14(16(20)8-11)17(2,3)10-12-9-13(19)5-7-15(12)18/h5,7,9,11,14H,4,6,8,10H2,1-3H3. The summed E-state index contributed by atoms with van der Waals surface area (Å²) in [7, 11) is 0. The van der Waals surface area contributed by atoms with E-state index in [2.05, 4.69) is 20.8 Å². The van der Waals surface area contributed by atoms with Gasteiger partial charge in [0.05, 0.1) is 0 Å². The largest absolute Gasteiger partial charge is 0.299 e. The summed E-state index contributed by atoms with van der Waals surface area (Å²) in [4.78, 5) is 12.3. The topological polar surface area (TPSA) is 17.1 Å². The summed E-state index contributed by atoms with van der Waals surface area (Å²) in [6, 6.07) is 4.44. The Morgan fingerprint density at radius 2 is 2.05 bits per heavy atom. The molecule has 0 saturated heterocycles. The van der Waals surface area contributed by atoms with Crippen molar-refractivity contribution in [3.05, 3.63) is 34.6 Å². The minimum absolute atomic E-state index is 0.0537. The molecule has 0 spiro atoms. The van der Waals surface area contributed by atoms with Crippen LogP contribution in [0.5, 0.6) is 0 Å². The fourth-order valence-electron chi connectivity index (χ4n) is 3.32. The van der Waals surface area contributed by atoms with Gasteiger partial charge in [0, 0.05) is 17.4 Å². The van der Waals surface area contributed by atoms with Crippen LogP contribution < -0.4 is 0 Å². The zero-order valence-corrected chi connectivity index (χ0v) is 13.1. The lowest BCUT2D eigenvalue weighted by molar-refractivity contribution is -0.129. The molecule has 0 radical (unpaired) electrons. The number of benzene rings is 1. The van der Waals surface area contributed by atoms with Gasteiger partial charge in [0.2, 0.25) is 0 Å². The molecule has 2 rings (SSSR count). The first-order valence-electron chi connectivity index (χ1n) is 7.26. The normalized spacial score (nSPS) is 23.9. The molecule has 2 atom stereocenters. The Morgan fingerprint density at radius 3 is 2.70 bits per heavy atom. The van der Waals surface area contributed by atoms with Gasteiger partial charge in [0.15, 0.2) is 0 Å². The molecule has 20 heavy (non-hydrogen) atoms. The van der Waals surface area contributed by atoms with Crippen molar-refractivity contribution < 1.29 is 9.18 Å². The van der Waals surface area contributed by atoms with Gasteiger partial charge in [-0.2, -0.15) is 0 Å². The Labute approximate surface area is 125 Å². The number of Topliss-reactive ketones (excluding diaryl/α,β-unsaturated/α-hetero) is 1. The van der Waals surface area contributed by atoms with E-state index >= 15 is 0 Å². The van der Waals surface area contributed by atoms with Crippen LogP contribution in [-0.4, -0.2) is 5.78 Å². The Kier molecular flexibility index (Phi) is 4.53. The fraction of sp³-hybridized carbons (Fsp3) is 0.588. The summed E-state index contributed by atoms with van der Waals surface area (Å²) in [6.07, 6.45) is 3.33. The second-order valence-corrected chi connectivity index (χ2v) is 7.21. The molecule has 1 aliphatic carbocycles. The van der Waals surface area contributed by atoms with Crippen molar-refractivity contribution in [2.24, 2.45) is 17.3 Å². The molecule has 1 aliphatic rings. The molecule has 1 saturated carbocycles. The van der Waals surface area contributed by atoms with E-state index in [1.807, 2.05) is 0 Å². The van der Waals surface area contributed by atoms with Gasteiger partial charge in [-0.3, -0.25) is 4.79 Å². The van der Waals surface area contributed by atoms with Crippen LogP contribution in [-0.2, 0) is 11.2 Å². The van der Waals surface area contributed by atoms with Crippen LogP contribution in [0.25, 0.3) is 0 Å². The van der Waals surface area contributed by atoms with Crippen molar-refractivity contribution >= 4 is 17.4 Å². The van der Waals surface area contributed by atoms with E-state index in [-0.39, 0.29) is 17.2 Å². The Balaban J connectivity index is 2.18. The first-order valence-corrected chi connectivity index (χ1v) is 7.64. The van der Waals surface area contributed by atoms with E-state index in [1.165, 1.54) is 12.1 Å². The minimum Gasteiger partial charge on any atom is -0.299 e. The summed E-state index contributed by atoms with van der Waals surface area (Å²) >= 11 is 6.15. The zero-order chi connectivity index (χ0) is 14.9. The van der Waals surface area contributed by atoms with E-state index in [9.17, 15) is 9.18 Å². The summed E-state index contributed by atoms with van der Waals surface area (Å²) < 4.78 is 13.4. The minimum atomic E-state index is -0.274. The second kappa shape index (κ2) is 5.85. The number of hydrogen-bond donors (Lipinski definition) is 0. The van der Waals surface area contributed by atoms with Crippen LogP contribution in [0.1, 0.15) is 45.6 Å². The SMILES string of the molecule is CC1CCC(C(C)(C)Cc2cc(F)ccc2Cl)C(=O)C1. The molecular formula is C17H22ClFO. The molecule has 0 amide bonds. The van der Waals surface area contributed by atoms with Gasteiger partial charge in [-0.1, -0.05) is 32.4 Å². The van der Waals surface area contributed by atoms with Gasteiger partial charge in [-0.15, -0.1) is 0 Å². The maximum absolute atomic E-state index is 13.4. The highest BCUT2D eigenvalue weighted by atomic mass is 35.5. The smallest absolute Gasteiger partial charge is 0.136 e. The lowest BCUT2D eigenvalue weighted by atomic mass is 9.66. The van der Waals surface area contributed by atoms with Gasteiger partial charge in [-0.05, 0) is 54.4 Å². The lowest BCUT2D eigenvalue weighted by Crippen LogP contribution is -2.36. The van der Waals surface area contributed by atoms with Gasteiger partial charge in [-0.25, -0.2) is 4.39 Å². The van der Waals surface area contributed by atoms with Crippen molar-refractivity contribution in [3.8, 4) is 0 Å². The molecule has 1 aromatic carbocycles. The lowest BCUT2D eigenvalue weighted by Gasteiger charge is -2.37. The molecule has 110 valence electrons. The summed E-state index contributed by atoms with van der Waals surface area (Å²) in [6.45, 7) is 6.31. The van der Waals surface area contributed by atoms with Gasteiger partial charge in [0.25, 0.3) is 0 Å². The van der Waals surface area contributed by atoms with Crippen molar-refractivity contribution in [1.82, 2.24) is 0 Å². The Hall–Kier alpha value is -0.890. The van der Waals surface area contributed by atoms with E-state index in [0.29, 0.717) is 29.6 Å². The molecule has 0 aliphatic heterocycles. The first kappa shape index (κ1) is 15.5.